The first-order valence-electron chi connectivity index (χ1n) is 6.01. The Kier molecular flexibility index (Phi) is 3.82. The van der Waals surface area contributed by atoms with Gasteiger partial charge in [0.1, 0.15) is 0 Å². The molecule has 18 heavy (non-hydrogen) atoms. The number of aromatic nitrogens is 3. The molecule has 2 aromatic rings. The van der Waals surface area contributed by atoms with E-state index in [0.29, 0.717) is 6.54 Å². The zero-order valence-corrected chi connectivity index (χ0v) is 10.9. The van der Waals surface area contributed by atoms with E-state index in [1.54, 1.807) is 6.20 Å². The van der Waals surface area contributed by atoms with Crippen molar-refractivity contribution >= 4 is 5.82 Å². The van der Waals surface area contributed by atoms with Crippen LogP contribution in [0.1, 0.15) is 25.1 Å². The monoisotopic (exact) mass is 246 g/mol. The molecule has 0 unspecified atom stereocenters. The average Bonchev–Trinajstić information content (AvgIpc) is 2.73. The van der Waals surface area contributed by atoms with Crippen LogP contribution in [0.3, 0.4) is 0 Å². The Hall–Kier alpha value is -2.04. The predicted octanol–water partition coefficient (Wildman–Crippen LogP) is 2.51. The molecule has 0 saturated carbocycles. The van der Waals surface area contributed by atoms with Gasteiger partial charge in [-0.05, 0) is 32.9 Å². The second-order valence-electron chi connectivity index (χ2n) is 4.39. The third-order valence-corrected chi connectivity index (χ3v) is 2.51. The lowest BCUT2D eigenvalue weighted by molar-refractivity contribution is 0.243. The molecule has 0 radical (unpaired) electrons. The SMILES string of the molecule is Cc1[nH]ncc1CNc1ncccc1OC(C)C. The molecule has 2 rings (SSSR count). The van der Waals surface area contributed by atoms with Gasteiger partial charge in [0, 0.05) is 24.0 Å². The van der Waals surface area contributed by atoms with Gasteiger partial charge >= 0.3 is 0 Å². The maximum absolute atomic E-state index is 5.70. The van der Waals surface area contributed by atoms with E-state index in [-0.39, 0.29) is 6.10 Å². The van der Waals surface area contributed by atoms with Gasteiger partial charge in [0.2, 0.25) is 0 Å². The fourth-order valence-corrected chi connectivity index (χ4v) is 1.61. The predicted molar refractivity (Wildman–Crippen MR) is 70.7 cm³/mol. The van der Waals surface area contributed by atoms with Gasteiger partial charge in [-0.2, -0.15) is 5.10 Å². The van der Waals surface area contributed by atoms with Crippen molar-refractivity contribution in [3.05, 3.63) is 35.8 Å². The fourth-order valence-electron chi connectivity index (χ4n) is 1.61. The summed E-state index contributed by atoms with van der Waals surface area (Å²) < 4.78 is 5.70. The molecule has 5 heteroatoms. The van der Waals surface area contributed by atoms with Crippen LogP contribution in [0.4, 0.5) is 5.82 Å². The number of rotatable bonds is 5. The van der Waals surface area contributed by atoms with Crippen LogP contribution in [-0.4, -0.2) is 21.3 Å². The molecule has 0 atom stereocenters. The highest BCUT2D eigenvalue weighted by atomic mass is 16.5. The zero-order chi connectivity index (χ0) is 13.0. The summed E-state index contributed by atoms with van der Waals surface area (Å²) >= 11 is 0. The summed E-state index contributed by atoms with van der Waals surface area (Å²) in [4.78, 5) is 4.29. The van der Waals surface area contributed by atoms with E-state index in [2.05, 4.69) is 20.5 Å². The Bertz CT molecular complexity index is 507. The minimum absolute atomic E-state index is 0.130. The van der Waals surface area contributed by atoms with Crippen molar-refractivity contribution in [1.29, 1.82) is 0 Å². The Balaban J connectivity index is 2.07. The highest BCUT2D eigenvalue weighted by molar-refractivity contribution is 5.49. The second-order valence-corrected chi connectivity index (χ2v) is 4.39. The third-order valence-electron chi connectivity index (χ3n) is 2.51. The summed E-state index contributed by atoms with van der Waals surface area (Å²) in [6.45, 7) is 6.66. The number of ether oxygens (including phenoxy) is 1. The number of pyridine rings is 1. The first kappa shape index (κ1) is 12.4. The summed E-state index contributed by atoms with van der Waals surface area (Å²) in [7, 11) is 0. The number of hydrogen-bond acceptors (Lipinski definition) is 4. The number of aromatic amines is 1. The normalized spacial score (nSPS) is 10.7. The number of H-pyrrole nitrogens is 1. The Labute approximate surface area is 107 Å². The van der Waals surface area contributed by atoms with Crippen LogP contribution in [0.15, 0.2) is 24.5 Å². The van der Waals surface area contributed by atoms with Crippen LogP contribution in [-0.2, 0) is 6.54 Å². The van der Waals surface area contributed by atoms with Gasteiger partial charge < -0.3 is 10.1 Å². The first-order valence-corrected chi connectivity index (χ1v) is 6.01. The lowest BCUT2D eigenvalue weighted by Gasteiger charge is -2.14. The maximum atomic E-state index is 5.70. The first-order chi connectivity index (χ1) is 8.66. The number of aryl methyl sites for hydroxylation is 1. The number of anilines is 1. The van der Waals surface area contributed by atoms with Crippen LogP contribution in [0.2, 0.25) is 0 Å². The van der Waals surface area contributed by atoms with Crippen molar-refractivity contribution in [2.75, 3.05) is 5.32 Å². The second kappa shape index (κ2) is 5.53. The Morgan fingerprint density at radius 1 is 1.44 bits per heavy atom. The van der Waals surface area contributed by atoms with Crippen molar-refractivity contribution in [2.24, 2.45) is 0 Å². The van der Waals surface area contributed by atoms with E-state index in [1.165, 1.54) is 0 Å². The molecular formula is C13H18N4O. The molecule has 0 saturated heterocycles. The molecule has 0 spiro atoms. The van der Waals surface area contributed by atoms with Gasteiger partial charge in [-0.15, -0.1) is 0 Å². The van der Waals surface area contributed by atoms with E-state index in [4.69, 9.17) is 4.74 Å². The standard InChI is InChI=1S/C13H18N4O/c1-9(2)18-12-5-4-6-14-13(12)15-7-11-8-16-17-10(11)3/h4-6,8-9H,7H2,1-3H3,(H,14,15)(H,16,17). The highest BCUT2D eigenvalue weighted by Crippen LogP contribution is 2.22. The summed E-state index contributed by atoms with van der Waals surface area (Å²) in [5.41, 5.74) is 2.18. The van der Waals surface area contributed by atoms with Crippen molar-refractivity contribution in [1.82, 2.24) is 15.2 Å². The third kappa shape index (κ3) is 3.00. The van der Waals surface area contributed by atoms with Crippen molar-refractivity contribution in [3.8, 4) is 5.75 Å². The minimum atomic E-state index is 0.130. The van der Waals surface area contributed by atoms with Crippen LogP contribution in [0.25, 0.3) is 0 Å². The molecule has 0 fully saturated rings. The summed E-state index contributed by atoms with van der Waals surface area (Å²) in [5, 5.41) is 10.2. The lowest BCUT2D eigenvalue weighted by atomic mass is 10.2. The topological polar surface area (TPSA) is 62.8 Å². The number of nitrogens with one attached hydrogen (secondary N) is 2. The summed E-state index contributed by atoms with van der Waals surface area (Å²) in [6, 6.07) is 3.78. The van der Waals surface area contributed by atoms with E-state index < -0.39 is 0 Å². The van der Waals surface area contributed by atoms with Crippen LogP contribution >= 0.6 is 0 Å². The fraction of sp³-hybridized carbons (Fsp3) is 0.385. The molecule has 2 heterocycles. The van der Waals surface area contributed by atoms with Gasteiger partial charge in [0.25, 0.3) is 0 Å². The van der Waals surface area contributed by atoms with Gasteiger partial charge in [0.05, 0.1) is 12.3 Å². The van der Waals surface area contributed by atoms with E-state index in [0.717, 1.165) is 22.8 Å². The average molecular weight is 246 g/mol. The van der Waals surface area contributed by atoms with Crippen LogP contribution < -0.4 is 10.1 Å². The van der Waals surface area contributed by atoms with Crippen molar-refractivity contribution in [2.45, 2.75) is 33.4 Å². The molecule has 0 aliphatic rings. The van der Waals surface area contributed by atoms with E-state index in [1.807, 2.05) is 39.1 Å². The molecule has 2 aromatic heterocycles. The molecule has 0 aromatic carbocycles. The molecule has 2 N–H and O–H groups in total. The molecular weight excluding hydrogens is 228 g/mol. The van der Waals surface area contributed by atoms with E-state index in [9.17, 15) is 0 Å². The summed E-state index contributed by atoms with van der Waals surface area (Å²) in [5.74, 6) is 1.53. The molecule has 5 nitrogen and oxygen atoms in total. The van der Waals surface area contributed by atoms with Crippen LogP contribution in [0, 0.1) is 6.92 Å². The lowest BCUT2D eigenvalue weighted by Crippen LogP contribution is -2.09. The number of nitrogens with zero attached hydrogens (tertiary/aromatic N) is 2. The van der Waals surface area contributed by atoms with Gasteiger partial charge in [-0.1, -0.05) is 0 Å². The molecule has 0 amide bonds. The quantitative estimate of drug-likeness (QED) is 0.851. The maximum Gasteiger partial charge on any atom is 0.169 e. The van der Waals surface area contributed by atoms with Crippen molar-refractivity contribution in [3.63, 3.8) is 0 Å². The smallest absolute Gasteiger partial charge is 0.169 e. The van der Waals surface area contributed by atoms with Crippen molar-refractivity contribution < 1.29 is 4.74 Å². The van der Waals surface area contributed by atoms with Gasteiger partial charge in [0.15, 0.2) is 11.6 Å². The molecule has 0 bridgehead atoms. The molecule has 0 aliphatic heterocycles. The van der Waals surface area contributed by atoms with E-state index >= 15 is 0 Å². The summed E-state index contributed by atoms with van der Waals surface area (Å²) in [6.07, 6.45) is 3.69. The van der Waals surface area contributed by atoms with Gasteiger partial charge in [-0.25, -0.2) is 4.98 Å². The highest BCUT2D eigenvalue weighted by Gasteiger charge is 2.07. The molecule has 96 valence electrons. The largest absolute Gasteiger partial charge is 0.487 e. The number of hydrogen-bond donors (Lipinski definition) is 2. The minimum Gasteiger partial charge on any atom is -0.487 e. The van der Waals surface area contributed by atoms with Crippen LogP contribution in [0.5, 0.6) is 5.75 Å². The Morgan fingerprint density at radius 3 is 2.94 bits per heavy atom. The Morgan fingerprint density at radius 2 is 2.28 bits per heavy atom. The zero-order valence-electron chi connectivity index (χ0n) is 10.9. The molecule has 0 aliphatic carbocycles. The van der Waals surface area contributed by atoms with Gasteiger partial charge in [-0.3, -0.25) is 5.10 Å².